The van der Waals surface area contributed by atoms with Gasteiger partial charge in [0.15, 0.2) is 0 Å². The summed E-state index contributed by atoms with van der Waals surface area (Å²) in [5.41, 5.74) is 1.73. The molecule has 0 aliphatic carbocycles. The molecular weight excluding hydrogens is 356 g/mol. The fourth-order valence-corrected chi connectivity index (χ4v) is 4.02. The van der Waals surface area contributed by atoms with Crippen LogP contribution in [0.3, 0.4) is 0 Å². The molecule has 0 bridgehead atoms. The predicted molar refractivity (Wildman–Crippen MR) is 106 cm³/mol. The first-order valence-electron chi connectivity index (χ1n) is 9.50. The van der Waals surface area contributed by atoms with E-state index in [1.54, 1.807) is 28.4 Å². The van der Waals surface area contributed by atoms with Gasteiger partial charge in [-0.25, -0.2) is 14.8 Å². The molecule has 2 aliphatic heterocycles. The maximum absolute atomic E-state index is 12.2. The molecule has 0 spiro atoms. The Balaban J connectivity index is 1.38. The van der Waals surface area contributed by atoms with E-state index in [9.17, 15) is 4.79 Å². The Morgan fingerprint density at radius 1 is 1.14 bits per heavy atom. The Labute approximate surface area is 162 Å². The van der Waals surface area contributed by atoms with Gasteiger partial charge >= 0.3 is 6.03 Å². The minimum atomic E-state index is 0.0316. The highest BCUT2D eigenvalue weighted by Crippen LogP contribution is 2.31. The summed E-state index contributed by atoms with van der Waals surface area (Å²) < 4.78 is 1.98. The average molecular weight is 378 g/mol. The fraction of sp³-hybridized carbons (Fsp3) is 0.421. The molecule has 5 rings (SSSR count). The topological polar surface area (TPSA) is 83.3 Å². The van der Waals surface area contributed by atoms with Gasteiger partial charge in [-0.05, 0) is 19.4 Å². The summed E-state index contributed by atoms with van der Waals surface area (Å²) in [4.78, 5) is 31.4. The number of aromatic nitrogens is 5. The first kappa shape index (κ1) is 16.9. The second-order valence-electron chi connectivity index (χ2n) is 7.41. The maximum Gasteiger partial charge on any atom is 0.324 e. The van der Waals surface area contributed by atoms with Crippen molar-refractivity contribution in [1.29, 1.82) is 0 Å². The highest BCUT2D eigenvalue weighted by atomic mass is 16.2. The van der Waals surface area contributed by atoms with Gasteiger partial charge in [-0.2, -0.15) is 5.10 Å². The van der Waals surface area contributed by atoms with Crippen molar-refractivity contribution in [3.05, 3.63) is 36.7 Å². The van der Waals surface area contributed by atoms with E-state index in [1.807, 2.05) is 30.9 Å². The first-order valence-corrected chi connectivity index (χ1v) is 9.50. The van der Waals surface area contributed by atoms with Gasteiger partial charge in [0.1, 0.15) is 11.6 Å². The van der Waals surface area contributed by atoms with E-state index < -0.39 is 0 Å². The van der Waals surface area contributed by atoms with E-state index in [1.165, 1.54) is 0 Å². The summed E-state index contributed by atoms with van der Waals surface area (Å²) >= 11 is 0. The maximum atomic E-state index is 12.2. The number of hydrogen-bond acceptors (Lipinski definition) is 6. The summed E-state index contributed by atoms with van der Waals surface area (Å²) in [6, 6.07) is 2.25. The van der Waals surface area contributed by atoms with Crippen LogP contribution in [0.25, 0.3) is 10.9 Å². The Morgan fingerprint density at radius 3 is 2.86 bits per heavy atom. The number of carbonyl (C=O) groups excluding carboxylic acids is 1. The number of carbonyl (C=O) groups is 1. The van der Waals surface area contributed by atoms with Crippen LogP contribution in [0.2, 0.25) is 0 Å². The van der Waals surface area contributed by atoms with Crippen molar-refractivity contribution in [3.63, 3.8) is 0 Å². The average Bonchev–Trinajstić information content (AvgIpc) is 3.42. The van der Waals surface area contributed by atoms with E-state index in [-0.39, 0.29) is 12.1 Å². The van der Waals surface area contributed by atoms with Gasteiger partial charge in [0.25, 0.3) is 0 Å². The van der Waals surface area contributed by atoms with Crippen molar-refractivity contribution in [2.24, 2.45) is 0 Å². The van der Waals surface area contributed by atoms with Gasteiger partial charge in [0.05, 0.1) is 29.6 Å². The lowest BCUT2D eigenvalue weighted by Gasteiger charge is -2.19. The molecule has 3 aromatic heterocycles. The summed E-state index contributed by atoms with van der Waals surface area (Å²) in [6.45, 7) is 5.09. The Kier molecular flexibility index (Phi) is 3.88. The van der Waals surface area contributed by atoms with Crippen LogP contribution in [0.4, 0.5) is 16.3 Å². The second-order valence-corrected chi connectivity index (χ2v) is 7.41. The monoisotopic (exact) mass is 378 g/mol. The fourth-order valence-electron chi connectivity index (χ4n) is 4.02. The third kappa shape index (κ3) is 2.74. The number of hydrogen-bond donors (Lipinski definition) is 0. The number of rotatable bonds is 3. The summed E-state index contributed by atoms with van der Waals surface area (Å²) in [6.07, 6.45) is 8.31. The Hall–Kier alpha value is -3.23. The van der Waals surface area contributed by atoms with Gasteiger partial charge in [0.2, 0.25) is 0 Å². The van der Waals surface area contributed by atoms with Crippen molar-refractivity contribution in [2.45, 2.75) is 19.4 Å². The molecule has 5 heterocycles. The van der Waals surface area contributed by atoms with E-state index >= 15 is 0 Å². The first-order chi connectivity index (χ1) is 13.6. The summed E-state index contributed by atoms with van der Waals surface area (Å²) in [7, 11) is 1.82. The smallest absolute Gasteiger partial charge is 0.324 e. The molecule has 0 radical (unpaired) electrons. The summed E-state index contributed by atoms with van der Waals surface area (Å²) in [5.74, 6) is 1.70. The van der Waals surface area contributed by atoms with E-state index in [0.29, 0.717) is 6.54 Å². The number of anilines is 2. The minimum Gasteiger partial charge on any atom is -0.354 e. The van der Waals surface area contributed by atoms with Gasteiger partial charge in [-0.3, -0.25) is 14.6 Å². The molecule has 9 nitrogen and oxygen atoms in total. The van der Waals surface area contributed by atoms with Crippen molar-refractivity contribution in [3.8, 4) is 0 Å². The molecule has 2 amide bonds. The lowest BCUT2D eigenvalue weighted by atomic mass is 10.2. The number of urea groups is 1. The standard InChI is InChI=1S/C19H22N8O/c1-13-22-17-10-20-5-3-16(17)18(23-13)25-6-4-14(11-25)27-12-15(9-21-27)26-8-7-24(2)19(26)28/h3,5,9-10,12,14H,4,6-8,11H2,1-2H3. The van der Waals surface area contributed by atoms with E-state index in [2.05, 4.69) is 20.0 Å². The van der Waals surface area contributed by atoms with Gasteiger partial charge in [0, 0.05) is 51.0 Å². The molecule has 2 aliphatic rings. The molecule has 2 saturated heterocycles. The van der Waals surface area contributed by atoms with Crippen molar-refractivity contribution in [2.75, 3.05) is 43.0 Å². The zero-order chi connectivity index (χ0) is 19.3. The van der Waals surface area contributed by atoms with Crippen LogP contribution in [0.15, 0.2) is 30.9 Å². The molecule has 3 aromatic rings. The van der Waals surface area contributed by atoms with Gasteiger partial charge in [-0.1, -0.05) is 0 Å². The summed E-state index contributed by atoms with van der Waals surface area (Å²) in [5, 5.41) is 5.57. The molecule has 9 heteroatoms. The number of pyridine rings is 1. The van der Waals surface area contributed by atoms with Crippen LogP contribution < -0.4 is 9.80 Å². The van der Waals surface area contributed by atoms with Crippen LogP contribution in [-0.2, 0) is 0 Å². The minimum absolute atomic E-state index is 0.0316. The largest absolute Gasteiger partial charge is 0.354 e. The highest BCUT2D eigenvalue weighted by Gasteiger charge is 2.30. The zero-order valence-electron chi connectivity index (χ0n) is 16.0. The quantitative estimate of drug-likeness (QED) is 0.692. The lowest BCUT2D eigenvalue weighted by Crippen LogP contribution is -2.28. The number of aryl methyl sites for hydroxylation is 1. The third-order valence-corrected chi connectivity index (χ3v) is 5.54. The number of likely N-dealkylation sites (N-methyl/N-ethyl adjacent to an activating group) is 1. The lowest BCUT2D eigenvalue weighted by molar-refractivity contribution is 0.229. The highest BCUT2D eigenvalue weighted by molar-refractivity contribution is 5.93. The molecule has 0 saturated carbocycles. The van der Waals surface area contributed by atoms with Gasteiger partial charge < -0.3 is 9.80 Å². The van der Waals surface area contributed by atoms with Crippen molar-refractivity contribution >= 4 is 28.4 Å². The van der Waals surface area contributed by atoms with Crippen LogP contribution >= 0.6 is 0 Å². The number of fused-ring (bicyclic) bond motifs is 1. The predicted octanol–water partition coefficient (Wildman–Crippen LogP) is 1.85. The molecule has 28 heavy (non-hydrogen) atoms. The Morgan fingerprint density at radius 2 is 2.04 bits per heavy atom. The molecule has 144 valence electrons. The molecule has 2 fully saturated rings. The van der Waals surface area contributed by atoms with Crippen LogP contribution in [0, 0.1) is 6.92 Å². The molecule has 1 atom stereocenters. The number of amides is 2. The SMILES string of the molecule is Cc1nc(N2CCC(n3cc(N4CCN(C)C4=O)cn3)C2)c2ccncc2n1. The Bertz CT molecular complexity index is 1050. The van der Waals surface area contributed by atoms with Crippen LogP contribution in [0.5, 0.6) is 0 Å². The normalized spacial score (nSPS) is 20.0. The van der Waals surface area contributed by atoms with Crippen LogP contribution in [-0.4, -0.2) is 68.9 Å². The second kappa shape index (κ2) is 6.43. The molecular formula is C19H22N8O. The van der Waals surface area contributed by atoms with E-state index in [4.69, 9.17) is 4.98 Å². The van der Waals surface area contributed by atoms with Gasteiger partial charge in [-0.15, -0.1) is 0 Å². The van der Waals surface area contributed by atoms with Crippen molar-refractivity contribution < 1.29 is 4.79 Å². The zero-order valence-corrected chi connectivity index (χ0v) is 16.0. The van der Waals surface area contributed by atoms with Crippen LogP contribution in [0.1, 0.15) is 18.3 Å². The molecule has 1 unspecified atom stereocenters. The van der Waals surface area contributed by atoms with Crippen molar-refractivity contribution in [1.82, 2.24) is 29.6 Å². The molecule has 0 aromatic carbocycles. The third-order valence-electron chi connectivity index (χ3n) is 5.54. The number of nitrogens with zero attached hydrogens (tertiary/aromatic N) is 8. The van der Waals surface area contributed by atoms with E-state index in [0.717, 1.165) is 54.3 Å². The molecule has 0 N–H and O–H groups in total.